The Bertz CT molecular complexity index is 1090. The Hall–Kier alpha value is -3.04. The van der Waals surface area contributed by atoms with Crippen molar-refractivity contribution in [2.75, 3.05) is 26.2 Å². The van der Waals surface area contributed by atoms with E-state index < -0.39 is 10.0 Å². The maximum atomic E-state index is 13.2. The number of nitrogens with one attached hydrogen (secondary N) is 1. The molecule has 1 amide bonds. The van der Waals surface area contributed by atoms with E-state index in [1.165, 1.54) is 10.5 Å². The van der Waals surface area contributed by atoms with Gasteiger partial charge in [0.05, 0.1) is 11.9 Å². The first-order valence-electron chi connectivity index (χ1n) is 9.81. The number of carbonyl (C=O) groups is 1. The van der Waals surface area contributed by atoms with Crippen LogP contribution in [0.3, 0.4) is 0 Å². The molecule has 1 N–H and O–H groups in total. The Morgan fingerprint density at radius 2 is 1.70 bits per heavy atom. The average Bonchev–Trinajstić information content (AvgIpc) is 3.30. The largest absolute Gasteiger partial charge is 0.340 e. The lowest BCUT2D eigenvalue weighted by Gasteiger charge is -2.34. The van der Waals surface area contributed by atoms with E-state index in [0.29, 0.717) is 37.2 Å². The molecule has 0 unspecified atom stereocenters. The molecule has 8 nitrogen and oxygen atoms in total. The van der Waals surface area contributed by atoms with Crippen molar-refractivity contribution in [3.8, 4) is 11.3 Å². The predicted molar refractivity (Wildman–Crippen MR) is 112 cm³/mol. The highest BCUT2D eigenvalue weighted by atomic mass is 32.2. The smallest absolute Gasteiger partial charge is 0.246 e. The van der Waals surface area contributed by atoms with Gasteiger partial charge < -0.3 is 4.90 Å². The zero-order valence-corrected chi connectivity index (χ0v) is 17.3. The van der Waals surface area contributed by atoms with Gasteiger partial charge in [-0.1, -0.05) is 30.3 Å². The van der Waals surface area contributed by atoms with Crippen LogP contribution < -0.4 is 0 Å². The molecule has 0 saturated carbocycles. The summed E-state index contributed by atoms with van der Waals surface area (Å²) in [5.74, 6) is 0.0525. The van der Waals surface area contributed by atoms with E-state index in [1.807, 2.05) is 30.3 Å². The average molecular weight is 426 g/mol. The summed E-state index contributed by atoms with van der Waals surface area (Å²) in [7, 11) is -3.72. The zero-order chi connectivity index (χ0) is 21.0. The van der Waals surface area contributed by atoms with Crippen molar-refractivity contribution in [3.05, 3.63) is 66.6 Å². The molecular formula is C21H23N5O3S. The maximum absolute atomic E-state index is 13.2. The number of amides is 1. The minimum atomic E-state index is -3.72. The molecule has 0 radical (unpaired) electrons. The fourth-order valence-corrected chi connectivity index (χ4v) is 5.10. The molecule has 1 fully saturated rings. The lowest BCUT2D eigenvalue weighted by molar-refractivity contribution is -0.132. The maximum Gasteiger partial charge on any atom is 0.246 e. The first kappa shape index (κ1) is 20.2. The van der Waals surface area contributed by atoms with Crippen molar-refractivity contribution in [1.29, 1.82) is 0 Å². The van der Waals surface area contributed by atoms with E-state index in [1.54, 1.807) is 29.4 Å². The standard InChI is InChI=1S/C21H23N5O3S/c27-20(7-6-17-4-2-1-3-5-17)25-12-14-26(15-13-25)30(28,29)19-16-23-24-21(19)18-8-10-22-11-9-18/h1-5,8-11,16H,6-7,12-15H2,(H,23,24). The number of hydrogen-bond acceptors (Lipinski definition) is 5. The third kappa shape index (κ3) is 4.27. The van der Waals surface area contributed by atoms with Crippen LogP contribution in [-0.2, 0) is 21.2 Å². The third-order valence-corrected chi connectivity index (χ3v) is 7.16. The van der Waals surface area contributed by atoms with E-state index in [-0.39, 0.29) is 23.9 Å². The van der Waals surface area contributed by atoms with Crippen LogP contribution in [0.5, 0.6) is 0 Å². The molecule has 0 aliphatic carbocycles. The minimum absolute atomic E-state index is 0.0525. The van der Waals surface area contributed by atoms with Crippen LogP contribution in [0.15, 0.2) is 66.0 Å². The molecular weight excluding hydrogens is 402 g/mol. The van der Waals surface area contributed by atoms with Crippen LogP contribution in [0.1, 0.15) is 12.0 Å². The summed E-state index contributed by atoms with van der Waals surface area (Å²) in [6.45, 7) is 1.30. The van der Waals surface area contributed by atoms with E-state index in [9.17, 15) is 13.2 Å². The van der Waals surface area contributed by atoms with Crippen molar-refractivity contribution >= 4 is 15.9 Å². The highest BCUT2D eigenvalue weighted by Gasteiger charge is 2.32. The van der Waals surface area contributed by atoms with Gasteiger partial charge in [0.1, 0.15) is 4.90 Å². The predicted octanol–water partition coefficient (Wildman–Crippen LogP) is 1.94. The fraction of sp³-hybridized carbons (Fsp3) is 0.286. The molecule has 156 valence electrons. The summed E-state index contributed by atoms with van der Waals surface area (Å²) in [5.41, 5.74) is 2.27. The van der Waals surface area contributed by atoms with Crippen LogP contribution in [0.2, 0.25) is 0 Å². The molecule has 0 spiro atoms. The molecule has 30 heavy (non-hydrogen) atoms. The Kier molecular flexibility index (Phi) is 5.91. The SMILES string of the molecule is O=C(CCc1ccccc1)N1CCN(S(=O)(=O)c2cn[nH]c2-c2ccncc2)CC1. The van der Waals surface area contributed by atoms with Crippen LogP contribution in [-0.4, -0.2) is 64.9 Å². The number of aromatic nitrogens is 3. The number of piperazine rings is 1. The van der Waals surface area contributed by atoms with Crippen molar-refractivity contribution in [2.24, 2.45) is 0 Å². The van der Waals surface area contributed by atoms with Crippen LogP contribution in [0, 0.1) is 0 Å². The van der Waals surface area contributed by atoms with Crippen LogP contribution >= 0.6 is 0 Å². The molecule has 3 aromatic rings. The fourth-order valence-electron chi connectivity index (χ4n) is 3.57. The Labute approximate surface area is 175 Å². The van der Waals surface area contributed by atoms with Gasteiger partial charge in [-0.05, 0) is 24.1 Å². The number of sulfonamides is 1. The quantitative estimate of drug-likeness (QED) is 0.651. The second-order valence-electron chi connectivity index (χ2n) is 7.12. The van der Waals surface area contributed by atoms with E-state index in [4.69, 9.17) is 0 Å². The lowest BCUT2D eigenvalue weighted by Crippen LogP contribution is -2.50. The van der Waals surface area contributed by atoms with Gasteiger partial charge in [-0.3, -0.25) is 14.9 Å². The van der Waals surface area contributed by atoms with Gasteiger partial charge in [0.25, 0.3) is 0 Å². The van der Waals surface area contributed by atoms with Gasteiger partial charge in [-0.25, -0.2) is 8.42 Å². The van der Waals surface area contributed by atoms with Crippen molar-refractivity contribution in [2.45, 2.75) is 17.7 Å². The third-order valence-electron chi connectivity index (χ3n) is 5.25. The van der Waals surface area contributed by atoms with Gasteiger partial charge in [0.15, 0.2) is 0 Å². The van der Waals surface area contributed by atoms with Gasteiger partial charge >= 0.3 is 0 Å². The summed E-state index contributed by atoms with van der Waals surface area (Å²) >= 11 is 0. The highest BCUT2D eigenvalue weighted by molar-refractivity contribution is 7.89. The van der Waals surface area contributed by atoms with Gasteiger partial charge in [-0.2, -0.15) is 9.40 Å². The Morgan fingerprint density at radius 3 is 2.40 bits per heavy atom. The van der Waals surface area contributed by atoms with Crippen molar-refractivity contribution in [3.63, 3.8) is 0 Å². The Balaban J connectivity index is 1.39. The molecule has 4 rings (SSSR count). The van der Waals surface area contributed by atoms with E-state index >= 15 is 0 Å². The molecule has 3 heterocycles. The lowest BCUT2D eigenvalue weighted by atomic mass is 10.1. The number of nitrogens with zero attached hydrogens (tertiary/aromatic N) is 4. The first-order chi connectivity index (χ1) is 14.6. The summed E-state index contributed by atoms with van der Waals surface area (Å²) in [6, 6.07) is 13.3. The summed E-state index contributed by atoms with van der Waals surface area (Å²) < 4.78 is 27.8. The second-order valence-corrected chi connectivity index (χ2v) is 9.02. The molecule has 1 aliphatic rings. The molecule has 1 saturated heterocycles. The number of hydrogen-bond donors (Lipinski definition) is 1. The van der Waals surface area contributed by atoms with Gasteiger partial charge in [0, 0.05) is 50.6 Å². The molecule has 0 atom stereocenters. The molecule has 2 aromatic heterocycles. The number of carbonyl (C=O) groups excluding carboxylic acids is 1. The number of H-pyrrole nitrogens is 1. The van der Waals surface area contributed by atoms with Gasteiger partial charge in [-0.15, -0.1) is 0 Å². The molecule has 9 heteroatoms. The molecule has 1 aliphatic heterocycles. The zero-order valence-electron chi connectivity index (χ0n) is 16.4. The minimum Gasteiger partial charge on any atom is -0.340 e. The summed E-state index contributed by atoms with van der Waals surface area (Å²) in [6.07, 6.45) is 5.65. The van der Waals surface area contributed by atoms with Crippen molar-refractivity contribution in [1.82, 2.24) is 24.4 Å². The number of aromatic amines is 1. The molecule has 1 aromatic carbocycles. The van der Waals surface area contributed by atoms with Crippen molar-refractivity contribution < 1.29 is 13.2 Å². The number of benzene rings is 1. The van der Waals surface area contributed by atoms with Crippen LogP contribution in [0.4, 0.5) is 0 Å². The van der Waals surface area contributed by atoms with Crippen LogP contribution in [0.25, 0.3) is 11.3 Å². The van der Waals surface area contributed by atoms with E-state index in [2.05, 4.69) is 15.2 Å². The number of pyridine rings is 1. The summed E-state index contributed by atoms with van der Waals surface area (Å²) in [4.78, 5) is 18.4. The highest BCUT2D eigenvalue weighted by Crippen LogP contribution is 2.27. The van der Waals surface area contributed by atoms with Gasteiger partial charge in [0.2, 0.25) is 15.9 Å². The Morgan fingerprint density at radius 1 is 1.00 bits per heavy atom. The summed E-state index contributed by atoms with van der Waals surface area (Å²) in [5, 5.41) is 6.72. The monoisotopic (exact) mass is 425 g/mol. The topological polar surface area (TPSA) is 99.3 Å². The normalized spacial score (nSPS) is 15.3. The van der Waals surface area contributed by atoms with E-state index in [0.717, 1.165) is 5.56 Å². The molecule has 0 bridgehead atoms. The number of rotatable bonds is 6. The second kappa shape index (κ2) is 8.76. The number of aryl methyl sites for hydroxylation is 1. The first-order valence-corrected chi connectivity index (χ1v) is 11.3.